The zero-order valence-electron chi connectivity index (χ0n) is 9.96. The van der Waals surface area contributed by atoms with Gasteiger partial charge in [-0.3, -0.25) is 14.3 Å². The Balaban J connectivity index is 1.88. The van der Waals surface area contributed by atoms with Gasteiger partial charge < -0.3 is 9.84 Å². The van der Waals surface area contributed by atoms with Crippen LogP contribution in [-0.2, 0) is 4.74 Å². The summed E-state index contributed by atoms with van der Waals surface area (Å²) >= 11 is 0. The Morgan fingerprint density at radius 2 is 2.22 bits per heavy atom. The first-order valence-corrected chi connectivity index (χ1v) is 6.28. The number of ether oxygens (including phenoxy) is 1. The third-order valence-corrected chi connectivity index (χ3v) is 4.03. The van der Waals surface area contributed by atoms with E-state index in [-0.39, 0.29) is 6.23 Å². The summed E-state index contributed by atoms with van der Waals surface area (Å²) in [5.74, 6) is 0. The zero-order valence-corrected chi connectivity index (χ0v) is 9.96. The Bertz CT molecular complexity index is 564. The van der Waals surface area contributed by atoms with E-state index in [1.807, 2.05) is 0 Å². The summed E-state index contributed by atoms with van der Waals surface area (Å²) in [6.45, 7) is 0. The molecule has 1 aliphatic heterocycles. The van der Waals surface area contributed by atoms with Crippen molar-refractivity contribution in [3.05, 3.63) is 33.1 Å². The molecule has 0 aromatic carbocycles. The minimum Gasteiger partial charge on any atom is -0.390 e. The number of aliphatic hydroxyl groups is 1. The van der Waals surface area contributed by atoms with Crippen LogP contribution in [0.25, 0.3) is 0 Å². The number of aromatic nitrogens is 2. The van der Waals surface area contributed by atoms with Crippen molar-refractivity contribution in [2.24, 2.45) is 0 Å². The molecule has 98 valence electrons. The van der Waals surface area contributed by atoms with Gasteiger partial charge in [0.15, 0.2) is 0 Å². The zero-order chi connectivity index (χ0) is 12.8. The van der Waals surface area contributed by atoms with Crippen molar-refractivity contribution in [3.8, 4) is 0 Å². The van der Waals surface area contributed by atoms with Crippen molar-refractivity contribution in [2.75, 3.05) is 0 Å². The van der Waals surface area contributed by atoms with E-state index in [4.69, 9.17) is 4.74 Å². The third kappa shape index (κ3) is 1.72. The molecule has 1 saturated heterocycles. The fourth-order valence-electron chi connectivity index (χ4n) is 3.06. The van der Waals surface area contributed by atoms with Crippen molar-refractivity contribution < 1.29 is 9.84 Å². The van der Waals surface area contributed by atoms with Gasteiger partial charge in [-0.1, -0.05) is 0 Å². The summed E-state index contributed by atoms with van der Waals surface area (Å²) in [5, 5.41) is 9.99. The summed E-state index contributed by atoms with van der Waals surface area (Å²) in [4.78, 5) is 24.9. The molecule has 0 bridgehead atoms. The molecule has 1 saturated carbocycles. The Morgan fingerprint density at radius 3 is 2.89 bits per heavy atom. The van der Waals surface area contributed by atoms with Crippen molar-refractivity contribution in [1.82, 2.24) is 9.55 Å². The third-order valence-electron chi connectivity index (χ3n) is 4.03. The molecule has 6 nitrogen and oxygen atoms in total. The summed E-state index contributed by atoms with van der Waals surface area (Å²) in [7, 11) is 0. The van der Waals surface area contributed by atoms with Gasteiger partial charge in [-0.05, 0) is 32.1 Å². The lowest BCUT2D eigenvalue weighted by atomic mass is 9.96. The first-order valence-electron chi connectivity index (χ1n) is 6.28. The number of nitrogens with one attached hydrogen (secondary N) is 1. The van der Waals surface area contributed by atoms with E-state index >= 15 is 0 Å². The number of aliphatic hydroxyl groups excluding tert-OH is 1. The molecule has 18 heavy (non-hydrogen) atoms. The second-order valence-electron chi connectivity index (χ2n) is 5.10. The van der Waals surface area contributed by atoms with Crippen molar-refractivity contribution in [1.29, 1.82) is 0 Å². The van der Waals surface area contributed by atoms with Crippen LogP contribution in [-0.4, -0.2) is 26.4 Å². The standard InChI is InChI=1S/C12H16N2O4/c15-8-2-1-5-12(8)6-3-10(18-12)14-7-4-9(16)13-11(14)17/h4,7-8,10,15H,1-3,5-6H2,(H,13,16,17)/t8-,10+,12-/m0/s1. The van der Waals surface area contributed by atoms with E-state index in [2.05, 4.69) is 4.98 Å². The van der Waals surface area contributed by atoms with E-state index in [0.29, 0.717) is 6.42 Å². The molecule has 1 aliphatic carbocycles. The normalized spacial score (nSPS) is 35.4. The molecule has 1 aromatic heterocycles. The number of hydrogen-bond donors (Lipinski definition) is 2. The molecule has 3 atom stereocenters. The summed E-state index contributed by atoms with van der Waals surface area (Å²) in [6.07, 6.45) is 4.60. The molecule has 2 heterocycles. The number of H-pyrrole nitrogens is 1. The highest BCUT2D eigenvalue weighted by molar-refractivity contribution is 4.99. The number of nitrogens with zero attached hydrogens (tertiary/aromatic N) is 1. The van der Waals surface area contributed by atoms with Crippen LogP contribution in [0, 0.1) is 0 Å². The van der Waals surface area contributed by atoms with Gasteiger partial charge in [-0.25, -0.2) is 4.79 Å². The van der Waals surface area contributed by atoms with Gasteiger partial charge >= 0.3 is 5.69 Å². The van der Waals surface area contributed by atoms with Crippen LogP contribution in [0.4, 0.5) is 0 Å². The van der Waals surface area contributed by atoms with Crippen molar-refractivity contribution >= 4 is 0 Å². The smallest absolute Gasteiger partial charge is 0.330 e. The molecule has 1 aromatic rings. The maximum atomic E-state index is 11.7. The topological polar surface area (TPSA) is 84.3 Å². The Kier molecular flexibility index (Phi) is 2.64. The molecule has 0 unspecified atom stereocenters. The Hall–Kier alpha value is -1.40. The molecule has 2 N–H and O–H groups in total. The van der Waals surface area contributed by atoms with Crippen LogP contribution in [0.1, 0.15) is 38.3 Å². The van der Waals surface area contributed by atoms with E-state index < -0.39 is 23.0 Å². The van der Waals surface area contributed by atoms with Gasteiger partial charge in [0.05, 0.1) is 11.7 Å². The predicted octanol–water partition coefficient (Wildman–Crippen LogP) is 0.129. The fourth-order valence-corrected chi connectivity index (χ4v) is 3.06. The van der Waals surface area contributed by atoms with Gasteiger partial charge in [0.25, 0.3) is 5.56 Å². The van der Waals surface area contributed by atoms with E-state index in [0.717, 1.165) is 25.7 Å². The largest absolute Gasteiger partial charge is 0.390 e. The van der Waals surface area contributed by atoms with Gasteiger partial charge in [0.1, 0.15) is 6.23 Å². The highest BCUT2D eigenvalue weighted by Gasteiger charge is 2.49. The first kappa shape index (κ1) is 11.7. The maximum Gasteiger partial charge on any atom is 0.330 e. The highest BCUT2D eigenvalue weighted by Crippen LogP contribution is 2.46. The monoisotopic (exact) mass is 252 g/mol. The second kappa shape index (κ2) is 4.07. The number of hydrogen-bond acceptors (Lipinski definition) is 4. The second-order valence-corrected chi connectivity index (χ2v) is 5.10. The summed E-state index contributed by atoms with van der Waals surface area (Å²) < 4.78 is 7.31. The lowest BCUT2D eigenvalue weighted by molar-refractivity contribution is -0.121. The Labute approximate surface area is 103 Å². The quantitative estimate of drug-likeness (QED) is 0.744. The minimum absolute atomic E-state index is 0.387. The average Bonchev–Trinajstić information content (AvgIpc) is 2.89. The van der Waals surface area contributed by atoms with Crippen LogP contribution in [0.5, 0.6) is 0 Å². The summed E-state index contributed by atoms with van der Waals surface area (Å²) in [6, 6.07) is 1.31. The summed E-state index contributed by atoms with van der Waals surface area (Å²) in [5.41, 5.74) is -1.36. The Morgan fingerprint density at radius 1 is 1.39 bits per heavy atom. The van der Waals surface area contributed by atoms with Gasteiger partial charge in [0.2, 0.25) is 0 Å². The van der Waals surface area contributed by atoms with E-state index in [9.17, 15) is 14.7 Å². The molecule has 1 spiro atoms. The molecule has 0 radical (unpaired) electrons. The molecular formula is C12H16N2O4. The van der Waals surface area contributed by atoms with Crippen LogP contribution in [0.15, 0.2) is 21.9 Å². The molecule has 0 amide bonds. The van der Waals surface area contributed by atoms with Gasteiger partial charge in [-0.15, -0.1) is 0 Å². The maximum absolute atomic E-state index is 11.7. The molecule has 2 aliphatic rings. The molecule has 6 heteroatoms. The first-order chi connectivity index (χ1) is 8.61. The van der Waals surface area contributed by atoms with E-state index in [1.54, 1.807) is 0 Å². The molecular weight excluding hydrogens is 236 g/mol. The molecule has 3 rings (SSSR count). The fraction of sp³-hybridized carbons (Fsp3) is 0.667. The lowest BCUT2D eigenvalue weighted by Crippen LogP contribution is -2.38. The molecule has 2 fully saturated rings. The minimum atomic E-state index is -0.486. The van der Waals surface area contributed by atoms with Gasteiger partial charge in [-0.2, -0.15) is 0 Å². The van der Waals surface area contributed by atoms with Crippen LogP contribution in [0.2, 0.25) is 0 Å². The highest BCUT2D eigenvalue weighted by atomic mass is 16.5. The average molecular weight is 252 g/mol. The predicted molar refractivity (Wildman–Crippen MR) is 63.3 cm³/mol. The van der Waals surface area contributed by atoms with Crippen LogP contribution in [0.3, 0.4) is 0 Å². The number of aromatic amines is 1. The van der Waals surface area contributed by atoms with Crippen LogP contribution >= 0.6 is 0 Å². The number of rotatable bonds is 1. The van der Waals surface area contributed by atoms with Crippen molar-refractivity contribution in [3.63, 3.8) is 0 Å². The van der Waals surface area contributed by atoms with Gasteiger partial charge in [0, 0.05) is 12.3 Å². The lowest BCUT2D eigenvalue weighted by Gasteiger charge is -2.28. The van der Waals surface area contributed by atoms with E-state index in [1.165, 1.54) is 16.8 Å². The van der Waals surface area contributed by atoms with Crippen molar-refractivity contribution in [2.45, 2.75) is 50.0 Å². The van der Waals surface area contributed by atoms with Crippen LogP contribution < -0.4 is 11.2 Å². The SMILES string of the molecule is O=c1ccn([C@H]2CC[C@]3(CCC[C@@H]3O)O2)c(=O)[nH]1.